The van der Waals surface area contributed by atoms with Gasteiger partial charge in [-0.3, -0.25) is 9.79 Å². The first-order valence-electron chi connectivity index (χ1n) is 8.69. The predicted molar refractivity (Wildman–Crippen MR) is 105 cm³/mol. The maximum absolute atomic E-state index is 12.4. The van der Waals surface area contributed by atoms with Crippen LogP contribution in [0.3, 0.4) is 0 Å². The molecule has 0 saturated carbocycles. The minimum absolute atomic E-state index is 0.0528. The molecule has 2 aromatic rings. The summed E-state index contributed by atoms with van der Waals surface area (Å²) in [4.78, 5) is 27.5. The molecular formula is C19H25N5O3. The van der Waals surface area contributed by atoms with E-state index in [2.05, 4.69) is 10.3 Å². The van der Waals surface area contributed by atoms with Crippen LogP contribution in [0.4, 0.5) is 0 Å². The molecule has 8 nitrogen and oxygen atoms in total. The maximum atomic E-state index is 12.4. The number of hydrogen-bond acceptors (Lipinski definition) is 4. The average molecular weight is 371 g/mol. The highest BCUT2D eigenvalue weighted by molar-refractivity contribution is 5.89. The molecule has 0 fully saturated rings. The van der Waals surface area contributed by atoms with Crippen molar-refractivity contribution in [3.8, 4) is 0 Å². The highest BCUT2D eigenvalue weighted by atomic mass is 16.4. The van der Waals surface area contributed by atoms with E-state index in [-0.39, 0.29) is 12.4 Å². The van der Waals surface area contributed by atoms with Gasteiger partial charge in [-0.1, -0.05) is 42.5 Å². The van der Waals surface area contributed by atoms with E-state index in [1.807, 2.05) is 42.5 Å². The Morgan fingerprint density at radius 3 is 2.52 bits per heavy atom. The molecule has 0 spiro atoms. The SMILES string of the molecule is NC(N)=NCCCC(NC(=O)C(N)Cc1cccc2ccccc12)C(=O)O. The van der Waals surface area contributed by atoms with E-state index in [1.54, 1.807) is 0 Å². The van der Waals surface area contributed by atoms with E-state index in [1.165, 1.54) is 0 Å². The minimum atomic E-state index is -1.12. The lowest BCUT2D eigenvalue weighted by atomic mass is 9.98. The van der Waals surface area contributed by atoms with Gasteiger partial charge < -0.3 is 27.6 Å². The number of carbonyl (C=O) groups is 2. The highest BCUT2D eigenvalue weighted by Gasteiger charge is 2.23. The standard InChI is InChI=1S/C19H25N5O3/c20-15(11-13-7-3-6-12-5-1-2-8-14(12)13)17(25)24-16(18(26)27)9-4-10-23-19(21)22/h1-3,5-8,15-16H,4,9-11,20H2,(H,24,25)(H,26,27)(H4,21,22,23). The molecule has 2 unspecified atom stereocenters. The van der Waals surface area contributed by atoms with Crippen LogP contribution in [-0.4, -0.2) is 41.6 Å². The molecule has 0 radical (unpaired) electrons. The van der Waals surface area contributed by atoms with Gasteiger partial charge in [0.25, 0.3) is 0 Å². The molecule has 0 aliphatic rings. The number of aliphatic imine (C=N–C) groups is 1. The summed E-state index contributed by atoms with van der Waals surface area (Å²) in [7, 11) is 0. The molecule has 0 bridgehead atoms. The van der Waals surface area contributed by atoms with E-state index in [0.29, 0.717) is 19.4 Å². The number of rotatable bonds is 9. The predicted octanol–water partition coefficient (Wildman–Crippen LogP) is 0.333. The zero-order valence-electron chi connectivity index (χ0n) is 15.0. The first kappa shape index (κ1) is 20.2. The molecule has 0 heterocycles. The summed E-state index contributed by atoms with van der Waals surface area (Å²) in [6.45, 7) is 0.296. The van der Waals surface area contributed by atoms with Crippen molar-refractivity contribution in [3.63, 3.8) is 0 Å². The Morgan fingerprint density at radius 2 is 1.81 bits per heavy atom. The molecular weight excluding hydrogens is 346 g/mol. The van der Waals surface area contributed by atoms with Gasteiger partial charge in [-0.05, 0) is 35.6 Å². The van der Waals surface area contributed by atoms with Crippen LogP contribution in [0.2, 0.25) is 0 Å². The third-order valence-corrected chi connectivity index (χ3v) is 4.22. The summed E-state index contributed by atoms with van der Waals surface area (Å²) in [5.74, 6) is -1.68. The Labute approximate surface area is 157 Å². The maximum Gasteiger partial charge on any atom is 0.326 e. The number of benzene rings is 2. The molecule has 8 N–H and O–H groups in total. The zero-order valence-corrected chi connectivity index (χ0v) is 15.0. The van der Waals surface area contributed by atoms with Gasteiger partial charge >= 0.3 is 5.97 Å². The van der Waals surface area contributed by atoms with Crippen molar-refractivity contribution < 1.29 is 14.7 Å². The van der Waals surface area contributed by atoms with Gasteiger partial charge in [0, 0.05) is 6.54 Å². The van der Waals surface area contributed by atoms with Crippen LogP contribution in [0.5, 0.6) is 0 Å². The van der Waals surface area contributed by atoms with Crippen molar-refractivity contribution in [2.24, 2.45) is 22.2 Å². The molecule has 8 heteroatoms. The Bertz CT molecular complexity index is 828. The zero-order chi connectivity index (χ0) is 19.8. The fourth-order valence-corrected chi connectivity index (χ4v) is 2.84. The lowest BCUT2D eigenvalue weighted by Gasteiger charge is -2.18. The first-order chi connectivity index (χ1) is 12.9. The summed E-state index contributed by atoms with van der Waals surface area (Å²) < 4.78 is 0. The quantitative estimate of drug-likeness (QED) is 0.243. The first-order valence-corrected chi connectivity index (χ1v) is 8.69. The summed E-state index contributed by atoms with van der Waals surface area (Å²) in [5, 5.41) is 13.9. The lowest BCUT2D eigenvalue weighted by Crippen LogP contribution is -2.49. The van der Waals surface area contributed by atoms with Crippen LogP contribution < -0.4 is 22.5 Å². The van der Waals surface area contributed by atoms with Crippen molar-refractivity contribution >= 4 is 28.6 Å². The van der Waals surface area contributed by atoms with E-state index in [0.717, 1.165) is 16.3 Å². The Balaban J connectivity index is 1.98. The molecule has 2 atom stereocenters. The van der Waals surface area contributed by atoms with Crippen LogP contribution in [0.25, 0.3) is 10.8 Å². The lowest BCUT2D eigenvalue weighted by molar-refractivity contribution is -0.142. The van der Waals surface area contributed by atoms with Crippen LogP contribution in [0, 0.1) is 0 Å². The van der Waals surface area contributed by atoms with E-state index >= 15 is 0 Å². The number of guanidine groups is 1. The van der Waals surface area contributed by atoms with Gasteiger partial charge in [-0.15, -0.1) is 0 Å². The van der Waals surface area contributed by atoms with Gasteiger partial charge in [-0.2, -0.15) is 0 Å². The van der Waals surface area contributed by atoms with Gasteiger partial charge in [0.1, 0.15) is 6.04 Å². The van der Waals surface area contributed by atoms with Crippen molar-refractivity contribution in [2.75, 3.05) is 6.54 Å². The number of nitrogens with two attached hydrogens (primary N) is 3. The number of carboxylic acid groups (broad SMARTS) is 1. The number of carboxylic acids is 1. The second kappa shape index (κ2) is 9.54. The number of amides is 1. The fourth-order valence-electron chi connectivity index (χ4n) is 2.84. The monoisotopic (exact) mass is 371 g/mol. The molecule has 0 saturated heterocycles. The Morgan fingerprint density at radius 1 is 1.11 bits per heavy atom. The normalized spacial score (nSPS) is 12.9. The molecule has 144 valence electrons. The van der Waals surface area contributed by atoms with Gasteiger partial charge in [-0.25, -0.2) is 4.79 Å². The summed E-state index contributed by atoms with van der Waals surface area (Å²) in [6.07, 6.45) is 0.945. The molecule has 0 aliphatic carbocycles. The number of carbonyl (C=O) groups excluding carboxylic acids is 1. The summed E-state index contributed by atoms with van der Waals surface area (Å²) >= 11 is 0. The Kier molecular flexibility index (Phi) is 7.13. The number of nitrogens with zero attached hydrogens (tertiary/aromatic N) is 1. The van der Waals surface area contributed by atoms with E-state index in [9.17, 15) is 14.7 Å². The van der Waals surface area contributed by atoms with Crippen LogP contribution >= 0.6 is 0 Å². The molecule has 27 heavy (non-hydrogen) atoms. The molecule has 0 aliphatic heterocycles. The smallest absolute Gasteiger partial charge is 0.326 e. The number of aliphatic carboxylic acids is 1. The van der Waals surface area contributed by atoms with Crippen molar-refractivity contribution in [1.29, 1.82) is 0 Å². The van der Waals surface area contributed by atoms with Crippen LogP contribution in [0.15, 0.2) is 47.5 Å². The van der Waals surface area contributed by atoms with Gasteiger partial charge in [0.15, 0.2) is 5.96 Å². The Hall–Kier alpha value is -3.13. The van der Waals surface area contributed by atoms with Crippen molar-refractivity contribution in [3.05, 3.63) is 48.0 Å². The largest absolute Gasteiger partial charge is 0.480 e. The topological polar surface area (TPSA) is 157 Å². The highest BCUT2D eigenvalue weighted by Crippen LogP contribution is 2.19. The number of nitrogens with one attached hydrogen (secondary N) is 1. The minimum Gasteiger partial charge on any atom is -0.480 e. The van der Waals surface area contributed by atoms with E-state index < -0.39 is 24.0 Å². The molecule has 1 amide bonds. The number of hydrogen-bond donors (Lipinski definition) is 5. The van der Waals surface area contributed by atoms with Crippen molar-refractivity contribution in [2.45, 2.75) is 31.3 Å². The third-order valence-electron chi connectivity index (χ3n) is 4.22. The van der Waals surface area contributed by atoms with Crippen molar-refractivity contribution in [1.82, 2.24) is 5.32 Å². The third kappa shape index (κ3) is 5.96. The molecule has 0 aromatic heterocycles. The second-order valence-corrected chi connectivity index (χ2v) is 6.30. The fraction of sp³-hybridized carbons (Fsp3) is 0.316. The second-order valence-electron chi connectivity index (χ2n) is 6.30. The van der Waals surface area contributed by atoms with Gasteiger partial charge in [0.2, 0.25) is 5.91 Å². The summed E-state index contributed by atoms with van der Waals surface area (Å²) in [5.41, 5.74) is 17.4. The molecule has 2 rings (SSSR count). The molecule has 2 aromatic carbocycles. The van der Waals surface area contributed by atoms with Crippen LogP contribution in [-0.2, 0) is 16.0 Å². The van der Waals surface area contributed by atoms with E-state index in [4.69, 9.17) is 17.2 Å². The average Bonchev–Trinajstić information content (AvgIpc) is 2.63. The van der Waals surface area contributed by atoms with Crippen LogP contribution in [0.1, 0.15) is 18.4 Å². The summed E-state index contributed by atoms with van der Waals surface area (Å²) in [6, 6.07) is 11.8. The number of fused-ring (bicyclic) bond motifs is 1. The van der Waals surface area contributed by atoms with Gasteiger partial charge in [0.05, 0.1) is 6.04 Å².